The Balaban J connectivity index is 1.72. The van der Waals surface area contributed by atoms with Gasteiger partial charge in [0.25, 0.3) is 5.91 Å². The zero-order valence-electron chi connectivity index (χ0n) is 16.5. The molecular formula is C21H22ClN5O3. The number of fused-ring (bicyclic) bond motifs is 1. The summed E-state index contributed by atoms with van der Waals surface area (Å²) in [5.41, 5.74) is 1.23. The van der Waals surface area contributed by atoms with E-state index >= 15 is 0 Å². The highest BCUT2D eigenvalue weighted by Crippen LogP contribution is 2.39. The van der Waals surface area contributed by atoms with E-state index in [1.165, 1.54) is 12.1 Å². The zero-order valence-corrected chi connectivity index (χ0v) is 17.3. The van der Waals surface area contributed by atoms with Gasteiger partial charge in [-0.25, -0.2) is 9.78 Å². The Kier molecular flexibility index (Phi) is 5.34. The van der Waals surface area contributed by atoms with Crippen molar-refractivity contribution < 1.29 is 14.7 Å². The van der Waals surface area contributed by atoms with Gasteiger partial charge < -0.3 is 20.2 Å². The number of hydrogen-bond donors (Lipinski definition) is 2. The second-order valence-electron chi connectivity index (χ2n) is 7.45. The average Bonchev–Trinajstić information content (AvgIpc) is 3.26. The van der Waals surface area contributed by atoms with Crippen LogP contribution < -0.4 is 15.1 Å². The summed E-state index contributed by atoms with van der Waals surface area (Å²) in [5.74, 6) is -0.123. The Morgan fingerprint density at radius 2 is 2.10 bits per heavy atom. The van der Waals surface area contributed by atoms with E-state index in [1.54, 1.807) is 30.3 Å². The van der Waals surface area contributed by atoms with E-state index in [-0.39, 0.29) is 22.5 Å². The van der Waals surface area contributed by atoms with E-state index < -0.39 is 12.0 Å². The molecule has 156 valence electrons. The van der Waals surface area contributed by atoms with Gasteiger partial charge in [0.05, 0.1) is 22.5 Å². The molecule has 2 heterocycles. The summed E-state index contributed by atoms with van der Waals surface area (Å²) < 4.78 is 0. The minimum absolute atomic E-state index is 0.0546. The van der Waals surface area contributed by atoms with Gasteiger partial charge in [0.2, 0.25) is 5.95 Å². The minimum Gasteiger partial charge on any atom is -0.478 e. The first-order valence-corrected chi connectivity index (χ1v) is 10.1. The minimum atomic E-state index is -1.05. The van der Waals surface area contributed by atoms with Gasteiger partial charge in [0, 0.05) is 13.1 Å². The quantitative estimate of drug-likeness (QED) is 0.699. The summed E-state index contributed by atoms with van der Waals surface area (Å²) in [4.78, 5) is 36.6. The van der Waals surface area contributed by atoms with Crippen LogP contribution in [-0.2, 0) is 4.79 Å². The van der Waals surface area contributed by atoms with Crippen LogP contribution in [0.25, 0.3) is 0 Å². The maximum absolute atomic E-state index is 12.9. The van der Waals surface area contributed by atoms with E-state index in [0.29, 0.717) is 23.1 Å². The van der Waals surface area contributed by atoms with Crippen LogP contribution in [0.4, 0.5) is 23.1 Å². The third-order valence-electron chi connectivity index (χ3n) is 5.64. The molecule has 1 atom stereocenters. The van der Waals surface area contributed by atoms with Crippen LogP contribution in [0.2, 0.25) is 5.02 Å². The number of nitrogens with zero attached hydrogens (tertiary/aromatic N) is 4. The van der Waals surface area contributed by atoms with Gasteiger partial charge in [0.15, 0.2) is 5.82 Å². The molecule has 9 heteroatoms. The van der Waals surface area contributed by atoms with Crippen molar-refractivity contribution in [1.82, 2.24) is 9.97 Å². The number of likely N-dealkylation sites (N-methyl/N-ethyl adjacent to an activating group) is 1. The van der Waals surface area contributed by atoms with Crippen molar-refractivity contribution in [2.24, 2.45) is 0 Å². The maximum Gasteiger partial charge on any atom is 0.335 e. The topological polar surface area (TPSA) is 98.7 Å². The highest BCUT2D eigenvalue weighted by atomic mass is 35.5. The summed E-state index contributed by atoms with van der Waals surface area (Å²) in [6.07, 6.45) is 7.50. The van der Waals surface area contributed by atoms with Crippen LogP contribution >= 0.6 is 11.6 Å². The number of carboxylic acids is 1. The number of benzene rings is 1. The highest BCUT2D eigenvalue weighted by molar-refractivity contribution is 6.33. The van der Waals surface area contributed by atoms with Crippen molar-refractivity contribution in [2.45, 2.75) is 37.8 Å². The Morgan fingerprint density at radius 1 is 1.37 bits per heavy atom. The van der Waals surface area contributed by atoms with E-state index in [9.17, 15) is 9.59 Å². The van der Waals surface area contributed by atoms with E-state index in [4.69, 9.17) is 21.7 Å². The molecule has 0 bridgehead atoms. The van der Waals surface area contributed by atoms with Crippen LogP contribution in [0.3, 0.4) is 0 Å². The molecule has 8 nitrogen and oxygen atoms in total. The molecule has 4 rings (SSSR count). The maximum atomic E-state index is 12.9. The molecule has 0 spiro atoms. The lowest BCUT2D eigenvalue weighted by molar-refractivity contribution is -0.119. The fraction of sp³-hybridized carbons (Fsp3) is 0.333. The van der Waals surface area contributed by atoms with Crippen LogP contribution in [0.15, 0.2) is 37.1 Å². The average molecular weight is 428 g/mol. The first-order chi connectivity index (χ1) is 14.4. The number of nitrogens with one attached hydrogen (secondary N) is 1. The molecule has 30 heavy (non-hydrogen) atoms. The summed E-state index contributed by atoms with van der Waals surface area (Å²) in [5, 5.41) is 12.4. The number of rotatable bonds is 5. The van der Waals surface area contributed by atoms with Crippen LogP contribution in [0.1, 0.15) is 36.0 Å². The SMILES string of the molecule is C=C[C@@H]1C(=O)N(C)c2cnc(Nc3ccc(C(=O)O)cc3Cl)nc2N1C1CCCC1. The Labute approximate surface area is 179 Å². The molecule has 2 aliphatic rings. The molecule has 1 aromatic heterocycles. The van der Waals surface area contributed by atoms with Gasteiger partial charge in [-0.15, -0.1) is 6.58 Å². The largest absolute Gasteiger partial charge is 0.478 e. The number of carboxylic acid groups (broad SMARTS) is 1. The standard InChI is InChI=1S/C21H22ClN5O3/c1-3-16-19(28)26(2)17-11-23-21(25-18(17)27(16)13-6-4-5-7-13)24-15-9-8-12(20(29)30)10-14(15)22/h3,8-11,13,16H,1,4-7H2,2H3,(H,29,30)(H,23,24,25)/t16-/m1/s1. The van der Waals surface area contributed by atoms with Crippen molar-refractivity contribution in [3.05, 3.63) is 47.6 Å². The van der Waals surface area contributed by atoms with Crippen molar-refractivity contribution in [1.29, 1.82) is 0 Å². The van der Waals surface area contributed by atoms with Crippen molar-refractivity contribution >= 4 is 46.6 Å². The fourth-order valence-electron chi connectivity index (χ4n) is 4.09. The number of carbonyl (C=O) groups excluding carboxylic acids is 1. The molecule has 1 aromatic carbocycles. The van der Waals surface area contributed by atoms with Gasteiger partial charge in [-0.2, -0.15) is 4.98 Å². The van der Waals surface area contributed by atoms with E-state index in [0.717, 1.165) is 25.7 Å². The van der Waals surface area contributed by atoms with E-state index in [1.807, 2.05) is 0 Å². The molecule has 2 N–H and O–H groups in total. The van der Waals surface area contributed by atoms with Crippen LogP contribution in [0, 0.1) is 0 Å². The van der Waals surface area contributed by atoms with Gasteiger partial charge in [0.1, 0.15) is 11.7 Å². The molecule has 0 radical (unpaired) electrons. The Bertz CT molecular complexity index is 1020. The smallest absolute Gasteiger partial charge is 0.335 e. The second kappa shape index (κ2) is 7.95. The molecule has 0 saturated heterocycles. The number of carbonyl (C=O) groups is 2. The lowest BCUT2D eigenvalue weighted by Gasteiger charge is -2.42. The van der Waals surface area contributed by atoms with E-state index in [2.05, 4.69) is 21.8 Å². The zero-order chi connectivity index (χ0) is 21.4. The van der Waals surface area contributed by atoms with Gasteiger partial charge in [-0.1, -0.05) is 30.5 Å². The predicted octanol–water partition coefficient (Wildman–Crippen LogP) is 3.85. The highest BCUT2D eigenvalue weighted by Gasteiger charge is 2.40. The van der Waals surface area contributed by atoms with Gasteiger partial charge >= 0.3 is 5.97 Å². The molecule has 1 aliphatic carbocycles. The third-order valence-corrected chi connectivity index (χ3v) is 5.96. The summed E-state index contributed by atoms with van der Waals surface area (Å²) in [6, 6.07) is 4.14. The lowest BCUT2D eigenvalue weighted by atomic mass is 10.1. The fourth-order valence-corrected chi connectivity index (χ4v) is 4.32. The first kappa shape index (κ1) is 20.2. The van der Waals surface area contributed by atoms with Crippen LogP contribution in [0.5, 0.6) is 0 Å². The number of hydrogen-bond acceptors (Lipinski definition) is 6. The van der Waals surface area contributed by atoms with Crippen molar-refractivity contribution in [2.75, 3.05) is 22.2 Å². The molecule has 0 unspecified atom stereocenters. The third kappa shape index (κ3) is 3.47. The molecule has 1 amide bonds. The summed E-state index contributed by atoms with van der Waals surface area (Å²) in [6.45, 7) is 3.87. The molecular weight excluding hydrogens is 406 g/mol. The molecule has 1 fully saturated rings. The number of amides is 1. The Morgan fingerprint density at radius 3 is 2.73 bits per heavy atom. The number of halogens is 1. The Hall–Kier alpha value is -3.13. The molecule has 1 saturated carbocycles. The summed E-state index contributed by atoms with van der Waals surface area (Å²) >= 11 is 6.23. The number of aromatic carboxylic acids is 1. The molecule has 1 aliphatic heterocycles. The summed E-state index contributed by atoms with van der Waals surface area (Å²) in [7, 11) is 1.71. The first-order valence-electron chi connectivity index (χ1n) is 9.76. The molecule has 2 aromatic rings. The normalized spacial score (nSPS) is 19.0. The number of aromatic nitrogens is 2. The van der Waals surface area contributed by atoms with Crippen LogP contribution in [-0.4, -0.2) is 46.1 Å². The second-order valence-corrected chi connectivity index (χ2v) is 7.86. The predicted molar refractivity (Wildman–Crippen MR) is 116 cm³/mol. The van der Waals surface area contributed by atoms with Gasteiger partial charge in [-0.3, -0.25) is 4.79 Å². The van der Waals surface area contributed by atoms with Crippen molar-refractivity contribution in [3.63, 3.8) is 0 Å². The lowest BCUT2D eigenvalue weighted by Crippen LogP contribution is -2.55. The monoisotopic (exact) mass is 427 g/mol. The number of anilines is 4. The van der Waals surface area contributed by atoms with Crippen molar-refractivity contribution in [3.8, 4) is 0 Å². The van der Waals surface area contributed by atoms with Gasteiger partial charge in [-0.05, 0) is 31.0 Å².